The lowest BCUT2D eigenvalue weighted by Gasteiger charge is -2.38. The maximum Gasteiger partial charge on any atom is 0.348 e. The fourth-order valence-electron chi connectivity index (χ4n) is 3.04. The van der Waals surface area contributed by atoms with Gasteiger partial charge in [0.15, 0.2) is 11.6 Å². The number of halogens is 1. The molecule has 0 radical (unpaired) electrons. The normalized spacial score (nSPS) is 17.4. The summed E-state index contributed by atoms with van der Waals surface area (Å²) in [5, 5.41) is 13.8. The predicted molar refractivity (Wildman–Crippen MR) is 87.6 cm³/mol. The van der Waals surface area contributed by atoms with Crippen LogP contribution in [-0.2, 0) is 17.9 Å². The van der Waals surface area contributed by atoms with E-state index in [0.717, 1.165) is 12.4 Å². The Morgan fingerprint density at radius 3 is 2.72 bits per heavy atom. The van der Waals surface area contributed by atoms with E-state index in [1.54, 1.807) is 12.1 Å². The van der Waals surface area contributed by atoms with Gasteiger partial charge in [0.2, 0.25) is 5.60 Å². The Kier molecular flexibility index (Phi) is 4.98. The van der Waals surface area contributed by atoms with Crippen LogP contribution in [-0.4, -0.2) is 49.4 Å². The summed E-state index contributed by atoms with van der Waals surface area (Å²) < 4.78 is 21.3. The van der Waals surface area contributed by atoms with Crippen LogP contribution in [0, 0.1) is 5.82 Å². The van der Waals surface area contributed by atoms with E-state index in [1.807, 2.05) is 11.6 Å². The van der Waals surface area contributed by atoms with Crippen LogP contribution in [0.4, 0.5) is 4.39 Å². The van der Waals surface area contributed by atoms with E-state index in [4.69, 9.17) is 4.74 Å². The number of aryl methyl sites for hydroxylation is 1. The first-order chi connectivity index (χ1) is 12.0. The van der Waals surface area contributed by atoms with Crippen molar-refractivity contribution in [1.29, 1.82) is 0 Å². The molecule has 1 aromatic heterocycles. The summed E-state index contributed by atoms with van der Waals surface area (Å²) in [6.07, 6.45) is 2.07. The highest BCUT2D eigenvalue weighted by molar-refractivity contribution is 5.78. The summed E-state index contributed by atoms with van der Waals surface area (Å²) in [5.74, 6) is -0.793. The average molecular weight is 348 g/mol. The minimum absolute atomic E-state index is 0.0240. The fraction of sp³-hybridized carbons (Fsp3) is 0.471. The molecular formula is C17H21FN4O3. The molecule has 0 unspecified atom stereocenters. The zero-order valence-electron chi connectivity index (χ0n) is 14.1. The maximum atomic E-state index is 13.8. The molecule has 1 aliphatic rings. The summed E-state index contributed by atoms with van der Waals surface area (Å²) >= 11 is 0. The number of aliphatic carboxylic acids is 1. The Balaban J connectivity index is 1.68. The van der Waals surface area contributed by atoms with Gasteiger partial charge < -0.3 is 9.84 Å². The number of benzene rings is 1. The molecular weight excluding hydrogens is 327 g/mol. The van der Waals surface area contributed by atoms with Crippen molar-refractivity contribution in [2.24, 2.45) is 0 Å². The van der Waals surface area contributed by atoms with Crippen molar-refractivity contribution in [2.75, 3.05) is 13.1 Å². The first-order valence-corrected chi connectivity index (χ1v) is 8.30. The lowest BCUT2D eigenvalue weighted by Crippen LogP contribution is -2.53. The number of hydrogen-bond acceptors (Lipinski definition) is 5. The van der Waals surface area contributed by atoms with Gasteiger partial charge in [-0.25, -0.2) is 18.9 Å². The van der Waals surface area contributed by atoms with Gasteiger partial charge in [0.25, 0.3) is 0 Å². The molecule has 2 aromatic rings. The topological polar surface area (TPSA) is 80.5 Å². The van der Waals surface area contributed by atoms with Gasteiger partial charge in [-0.3, -0.25) is 4.90 Å². The van der Waals surface area contributed by atoms with Gasteiger partial charge in [0, 0.05) is 32.5 Å². The van der Waals surface area contributed by atoms with Crippen molar-refractivity contribution < 1.29 is 19.0 Å². The van der Waals surface area contributed by atoms with Gasteiger partial charge in [-0.2, -0.15) is 5.10 Å². The van der Waals surface area contributed by atoms with Crippen LogP contribution in [0.15, 0.2) is 30.6 Å². The van der Waals surface area contributed by atoms with E-state index >= 15 is 0 Å². The number of ether oxygens (including phenoxy) is 1. The quantitative estimate of drug-likeness (QED) is 0.859. The van der Waals surface area contributed by atoms with E-state index in [0.29, 0.717) is 19.6 Å². The molecule has 0 saturated carbocycles. The van der Waals surface area contributed by atoms with Crippen LogP contribution >= 0.6 is 0 Å². The Bertz CT molecular complexity index is 741. The fourth-order valence-corrected chi connectivity index (χ4v) is 3.04. The number of carboxylic acids is 1. The average Bonchev–Trinajstić information content (AvgIpc) is 3.06. The molecule has 134 valence electrons. The Morgan fingerprint density at radius 2 is 2.08 bits per heavy atom. The zero-order chi connectivity index (χ0) is 17.9. The number of carbonyl (C=O) groups is 1. The van der Waals surface area contributed by atoms with Crippen molar-refractivity contribution in [2.45, 2.75) is 38.5 Å². The molecule has 25 heavy (non-hydrogen) atoms. The lowest BCUT2D eigenvalue weighted by atomic mass is 9.91. The largest absolute Gasteiger partial charge is 0.478 e. The highest BCUT2D eigenvalue weighted by Crippen LogP contribution is 2.31. The molecule has 2 heterocycles. The van der Waals surface area contributed by atoms with Crippen molar-refractivity contribution >= 4 is 5.97 Å². The molecule has 7 nitrogen and oxygen atoms in total. The molecule has 1 aliphatic heterocycles. The van der Waals surface area contributed by atoms with Crippen molar-refractivity contribution in [3.8, 4) is 5.75 Å². The molecule has 0 atom stereocenters. The Labute approximate surface area is 145 Å². The zero-order valence-corrected chi connectivity index (χ0v) is 14.1. The molecule has 1 saturated heterocycles. The van der Waals surface area contributed by atoms with Crippen molar-refractivity contribution in [3.05, 3.63) is 42.2 Å². The first kappa shape index (κ1) is 17.3. The molecule has 0 spiro atoms. The maximum absolute atomic E-state index is 13.8. The summed E-state index contributed by atoms with van der Waals surface area (Å²) in [4.78, 5) is 18.2. The number of likely N-dealkylation sites (tertiary alicyclic amines) is 1. The summed E-state index contributed by atoms with van der Waals surface area (Å²) in [6.45, 7) is 4.38. The minimum atomic E-state index is -1.41. The summed E-state index contributed by atoms with van der Waals surface area (Å²) in [7, 11) is 0. The van der Waals surface area contributed by atoms with Gasteiger partial charge in [0.05, 0.1) is 6.54 Å². The summed E-state index contributed by atoms with van der Waals surface area (Å²) in [6, 6.07) is 5.89. The van der Waals surface area contributed by atoms with E-state index in [2.05, 4.69) is 15.0 Å². The summed E-state index contributed by atoms with van der Waals surface area (Å²) in [5.41, 5.74) is -1.41. The molecule has 0 aliphatic carbocycles. The van der Waals surface area contributed by atoms with Gasteiger partial charge in [0.1, 0.15) is 12.2 Å². The molecule has 8 heteroatoms. The number of nitrogens with zero attached hydrogens (tertiary/aromatic N) is 4. The van der Waals surface area contributed by atoms with Crippen LogP contribution in [0.5, 0.6) is 5.75 Å². The molecule has 0 amide bonds. The number of para-hydroxylation sites is 1. The van der Waals surface area contributed by atoms with E-state index in [1.165, 1.54) is 18.5 Å². The highest BCUT2D eigenvalue weighted by atomic mass is 19.1. The number of rotatable bonds is 6. The molecule has 1 N–H and O–H groups in total. The molecule has 3 rings (SSSR count). The third kappa shape index (κ3) is 3.63. The Hall–Kier alpha value is -2.48. The second kappa shape index (κ2) is 7.18. The first-order valence-electron chi connectivity index (χ1n) is 8.30. The van der Waals surface area contributed by atoms with Crippen LogP contribution in [0.2, 0.25) is 0 Å². The van der Waals surface area contributed by atoms with Gasteiger partial charge >= 0.3 is 5.97 Å². The predicted octanol–water partition coefficient (Wildman–Crippen LogP) is 1.94. The van der Waals surface area contributed by atoms with Gasteiger partial charge in [-0.05, 0) is 19.1 Å². The number of aromatic nitrogens is 3. The monoisotopic (exact) mass is 348 g/mol. The minimum Gasteiger partial charge on any atom is -0.478 e. The number of hydrogen-bond donors (Lipinski definition) is 1. The SMILES string of the molecule is CCn1ncnc1CN1CCC(Oc2ccccc2F)(C(=O)O)CC1. The van der Waals surface area contributed by atoms with Crippen molar-refractivity contribution in [1.82, 2.24) is 19.7 Å². The Morgan fingerprint density at radius 1 is 1.36 bits per heavy atom. The van der Waals surface area contributed by atoms with E-state index in [9.17, 15) is 14.3 Å². The van der Waals surface area contributed by atoms with Crippen LogP contribution in [0.25, 0.3) is 0 Å². The lowest BCUT2D eigenvalue weighted by molar-refractivity contribution is -0.160. The third-order valence-corrected chi connectivity index (χ3v) is 4.56. The van der Waals surface area contributed by atoms with E-state index in [-0.39, 0.29) is 18.6 Å². The van der Waals surface area contributed by atoms with Crippen LogP contribution < -0.4 is 4.74 Å². The second-order valence-corrected chi connectivity index (χ2v) is 6.10. The van der Waals surface area contributed by atoms with Crippen molar-refractivity contribution in [3.63, 3.8) is 0 Å². The highest BCUT2D eigenvalue weighted by Gasteiger charge is 2.44. The van der Waals surface area contributed by atoms with Crippen LogP contribution in [0.3, 0.4) is 0 Å². The standard InChI is InChI=1S/C17H21FN4O3/c1-2-22-15(19-12-20-22)11-21-9-7-17(8-10-21,16(23)24)25-14-6-4-3-5-13(14)18/h3-6,12H,2,7-11H2,1H3,(H,23,24). The third-order valence-electron chi connectivity index (χ3n) is 4.56. The van der Waals surface area contributed by atoms with E-state index < -0.39 is 17.4 Å². The number of piperidine rings is 1. The number of carboxylic acid groups (broad SMARTS) is 1. The van der Waals surface area contributed by atoms with Crippen LogP contribution in [0.1, 0.15) is 25.6 Å². The molecule has 1 aromatic carbocycles. The van der Waals surface area contributed by atoms with Gasteiger partial charge in [-0.1, -0.05) is 12.1 Å². The molecule has 1 fully saturated rings. The smallest absolute Gasteiger partial charge is 0.348 e. The second-order valence-electron chi connectivity index (χ2n) is 6.10. The molecule has 0 bridgehead atoms. The van der Waals surface area contributed by atoms with Gasteiger partial charge in [-0.15, -0.1) is 0 Å².